The Morgan fingerprint density at radius 3 is 2.48 bits per heavy atom. The molecule has 160 valence electrons. The monoisotopic (exact) mass is 432 g/mol. The number of benzene rings is 2. The van der Waals surface area contributed by atoms with Gasteiger partial charge in [-0.3, -0.25) is 0 Å². The molecule has 0 radical (unpaired) electrons. The summed E-state index contributed by atoms with van der Waals surface area (Å²) in [5.41, 5.74) is 3.13. The largest absolute Gasteiger partial charge is 0.493 e. The summed E-state index contributed by atoms with van der Waals surface area (Å²) in [7, 11) is 3.27. The molecule has 0 aliphatic heterocycles. The minimum atomic E-state index is 0.692. The van der Waals surface area contributed by atoms with Crippen LogP contribution in [0, 0.1) is 0 Å². The average Bonchev–Trinajstić information content (AvgIpc) is 3.20. The Hall–Kier alpha value is -3.31. The van der Waals surface area contributed by atoms with Gasteiger partial charge in [-0.15, -0.1) is 17.9 Å². The Morgan fingerprint density at radius 2 is 1.74 bits per heavy atom. The van der Waals surface area contributed by atoms with Crippen molar-refractivity contribution in [3.05, 3.63) is 84.1 Å². The highest BCUT2D eigenvalue weighted by Gasteiger charge is 2.09. The van der Waals surface area contributed by atoms with Gasteiger partial charge in [-0.05, 0) is 49.2 Å². The van der Waals surface area contributed by atoms with Gasteiger partial charge in [-0.1, -0.05) is 42.5 Å². The minimum Gasteiger partial charge on any atom is -0.493 e. The SMILES string of the molecule is C=CCCCC=CNc1ccc(/C=C/C=C/c2nc3cc(OC)c(OC)cc3s2)cc1. The lowest BCUT2D eigenvalue weighted by atomic mass is 10.2. The number of nitrogens with zero attached hydrogens (tertiary/aromatic N) is 1. The smallest absolute Gasteiger partial charge is 0.162 e. The molecular weight excluding hydrogens is 404 g/mol. The summed E-state index contributed by atoms with van der Waals surface area (Å²) >= 11 is 1.62. The lowest BCUT2D eigenvalue weighted by molar-refractivity contribution is 0.356. The van der Waals surface area contributed by atoms with E-state index in [1.807, 2.05) is 42.6 Å². The normalized spacial score (nSPS) is 11.7. The third-order valence-electron chi connectivity index (χ3n) is 4.61. The molecule has 0 spiro atoms. The second-order valence-electron chi connectivity index (χ2n) is 6.83. The van der Waals surface area contributed by atoms with Crippen LogP contribution >= 0.6 is 11.3 Å². The topological polar surface area (TPSA) is 43.4 Å². The third-order valence-corrected chi connectivity index (χ3v) is 5.59. The number of hydrogen-bond acceptors (Lipinski definition) is 5. The number of methoxy groups -OCH3 is 2. The fourth-order valence-electron chi connectivity index (χ4n) is 2.96. The van der Waals surface area contributed by atoms with Crippen molar-refractivity contribution in [1.82, 2.24) is 4.98 Å². The number of fused-ring (bicyclic) bond motifs is 1. The predicted molar refractivity (Wildman–Crippen MR) is 134 cm³/mol. The molecule has 0 bridgehead atoms. The van der Waals surface area contributed by atoms with Gasteiger partial charge in [0.15, 0.2) is 11.5 Å². The van der Waals surface area contributed by atoms with Crippen LogP contribution in [0.2, 0.25) is 0 Å². The Bertz CT molecular complexity index is 1040. The first-order chi connectivity index (χ1) is 15.2. The van der Waals surface area contributed by atoms with Crippen LogP contribution in [-0.2, 0) is 0 Å². The van der Waals surface area contributed by atoms with E-state index in [-0.39, 0.29) is 0 Å². The Balaban J connectivity index is 1.55. The predicted octanol–water partition coefficient (Wildman–Crippen LogP) is 7.32. The molecule has 3 aromatic rings. The molecule has 4 nitrogen and oxygen atoms in total. The van der Waals surface area contributed by atoms with Gasteiger partial charge >= 0.3 is 0 Å². The fourth-order valence-corrected chi connectivity index (χ4v) is 3.85. The summed E-state index contributed by atoms with van der Waals surface area (Å²) in [6.45, 7) is 3.74. The molecule has 3 rings (SSSR count). The van der Waals surface area contributed by atoms with Crippen LogP contribution in [0.3, 0.4) is 0 Å². The highest BCUT2D eigenvalue weighted by molar-refractivity contribution is 7.19. The number of ether oxygens (including phenoxy) is 2. The van der Waals surface area contributed by atoms with Crippen LogP contribution in [0.5, 0.6) is 11.5 Å². The Morgan fingerprint density at radius 1 is 1.00 bits per heavy atom. The first-order valence-electron chi connectivity index (χ1n) is 10.2. The summed E-state index contributed by atoms with van der Waals surface area (Å²) < 4.78 is 11.8. The van der Waals surface area contributed by atoms with Crippen LogP contribution in [0.4, 0.5) is 5.69 Å². The summed E-state index contributed by atoms with van der Waals surface area (Å²) in [4.78, 5) is 4.65. The van der Waals surface area contributed by atoms with E-state index in [9.17, 15) is 0 Å². The highest BCUT2D eigenvalue weighted by Crippen LogP contribution is 2.34. The zero-order chi connectivity index (χ0) is 21.9. The van der Waals surface area contributed by atoms with Gasteiger partial charge in [0.25, 0.3) is 0 Å². The molecule has 2 aromatic carbocycles. The molecule has 1 N–H and O–H groups in total. The fraction of sp³-hybridized carbons (Fsp3) is 0.192. The lowest BCUT2D eigenvalue weighted by Crippen LogP contribution is -1.89. The zero-order valence-electron chi connectivity index (χ0n) is 18.0. The number of allylic oxidation sites excluding steroid dienone is 4. The molecule has 0 unspecified atom stereocenters. The quantitative estimate of drug-likeness (QED) is 0.196. The van der Waals surface area contributed by atoms with Gasteiger partial charge in [-0.2, -0.15) is 0 Å². The van der Waals surface area contributed by atoms with Crippen molar-refractivity contribution in [3.63, 3.8) is 0 Å². The number of thiazole rings is 1. The molecule has 0 aliphatic rings. The van der Waals surface area contributed by atoms with E-state index in [0.717, 1.165) is 51.5 Å². The number of anilines is 1. The highest BCUT2D eigenvalue weighted by atomic mass is 32.1. The molecule has 0 saturated carbocycles. The van der Waals surface area contributed by atoms with Crippen LogP contribution in [0.15, 0.2) is 73.5 Å². The van der Waals surface area contributed by atoms with Crippen LogP contribution < -0.4 is 14.8 Å². The standard InChI is InChI=1S/C26H28N2O2S/c1-4-5-6-7-10-17-27-21-15-13-20(14-16-21)11-8-9-12-26-28-22-18-23(29-2)24(30-3)19-25(22)31-26/h4,8-19,27H,1,5-7H2,2-3H3/b11-8+,12-9+,17-10?. The molecule has 31 heavy (non-hydrogen) atoms. The minimum absolute atomic E-state index is 0.692. The van der Waals surface area contributed by atoms with Gasteiger partial charge in [0.2, 0.25) is 0 Å². The molecule has 0 amide bonds. The molecule has 5 heteroatoms. The van der Waals surface area contributed by atoms with Gasteiger partial charge in [0.1, 0.15) is 5.01 Å². The number of aromatic nitrogens is 1. The molecule has 0 atom stereocenters. The van der Waals surface area contributed by atoms with Crippen molar-refractivity contribution in [2.75, 3.05) is 19.5 Å². The summed E-state index contributed by atoms with van der Waals surface area (Å²) in [6.07, 6.45) is 17.5. The number of rotatable bonds is 11. The van der Waals surface area contributed by atoms with E-state index >= 15 is 0 Å². The van der Waals surface area contributed by atoms with Crippen molar-refractivity contribution in [2.45, 2.75) is 19.3 Å². The van der Waals surface area contributed by atoms with Crippen LogP contribution in [0.25, 0.3) is 22.4 Å². The first kappa shape index (κ1) is 22.4. The van der Waals surface area contributed by atoms with Crippen LogP contribution in [-0.4, -0.2) is 19.2 Å². The zero-order valence-corrected chi connectivity index (χ0v) is 18.8. The number of hydrogen-bond donors (Lipinski definition) is 1. The molecule has 1 heterocycles. The Kier molecular flexibility index (Phi) is 8.49. The van der Waals surface area contributed by atoms with Crippen molar-refractivity contribution in [3.8, 4) is 11.5 Å². The molecule has 0 fully saturated rings. The third kappa shape index (κ3) is 6.59. The molecule has 0 saturated heterocycles. The van der Waals surface area contributed by atoms with E-state index in [0.29, 0.717) is 5.75 Å². The van der Waals surface area contributed by atoms with Gasteiger partial charge in [0, 0.05) is 17.8 Å². The summed E-state index contributed by atoms with van der Waals surface area (Å²) in [5.74, 6) is 1.41. The molecule has 0 aliphatic carbocycles. The second kappa shape index (κ2) is 11.8. The van der Waals surface area contributed by atoms with E-state index in [2.05, 4.69) is 53.3 Å². The average molecular weight is 433 g/mol. The van der Waals surface area contributed by atoms with Crippen molar-refractivity contribution < 1.29 is 9.47 Å². The van der Waals surface area contributed by atoms with E-state index in [1.165, 1.54) is 0 Å². The molecular formula is C26H28N2O2S. The maximum atomic E-state index is 5.36. The number of nitrogens with one attached hydrogen (secondary N) is 1. The van der Waals surface area contributed by atoms with E-state index < -0.39 is 0 Å². The first-order valence-corrected chi connectivity index (χ1v) is 11.0. The van der Waals surface area contributed by atoms with Crippen molar-refractivity contribution >= 4 is 39.4 Å². The van der Waals surface area contributed by atoms with Crippen LogP contribution in [0.1, 0.15) is 29.8 Å². The summed E-state index contributed by atoms with van der Waals surface area (Å²) in [6, 6.07) is 12.2. The van der Waals surface area contributed by atoms with Gasteiger partial charge < -0.3 is 14.8 Å². The Labute approximate surface area is 188 Å². The summed E-state index contributed by atoms with van der Waals surface area (Å²) in [5, 5.41) is 4.24. The van der Waals surface area contributed by atoms with Crippen molar-refractivity contribution in [1.29, 1.82) is 0 Å². The van der Waals surface area contributed by atoms with Gasteiger partial charge in [-0.25, -0.2) is 4.98 Å². The van der Waals surface area contributed by atoms with Crippen molar-refractivity contribution in [2.24, 2.45) is 0 Å². The van der Waals surface area contributed by atoms with E-state index in [1.54, 1.807) is 25.6 Å². The molecule has 1 aromatic heterocycles. The van der Waals surface area contributed by atoms with Gasteiger partial charge in [0.05, 0.1) is 24.4 Å². The maximum absolute atomic E-state index is 5.36. The lowest BCUT2D eigenvalue weighted by Gasteiger charge is -2.05. The second-order valence-corrected chi connectivity index (χ2v) is 7.90. The number of unbranched alkanes of at least 4 members (excludes halogenated alkanes) is 2. The maximum Gasteiger partial charge on any atom is 0.162 e. The van der Waals surface area contributed by atoms with E-state index in [4.69, 9.17) is 9.47 Å².